The molecule has 0 aromatic carbocycles. The average molecular weight is 282 g/mol. The van der Waals surface area contributed by atoms with Crippen molar-refractivity contribution in [1.29, 1.82) is 0 Å². The molecule has 0 unspecified atom stereocenters. The molecule has 2 aromatic rings. The molecule has 4 rings (SSSR count). The maximum Gasteiger partial charge on any atom is 0.0489 e. The van der Waals surface area contributed by atoms with Crippen molar-refractivity contribution in [3.63, 3.8) is 0 Å². The molecule has 0 radical (unpaired) electrons. The third-order valence-electron chi connectivity index (χ3n) is 3.18. The van der Waals surface area contributed by atoms with E-state index in [2.05, 4.69) is 34.3 Å². The predicted molar refractivity (Wildman–Crippen MR) is 77.6 cm³/mol. The van der Waals surface area contributed by atoms with Gasteiger partial charge in [0.05, 0.1) is 0 Å². The van der Waals surface area contributed by atoms with E-state index in [0.29, 0.717) is 0 Å². The third-order valence-corrected chi connectivity index (χ3v) is 7.50. The van der Waals surface area contributed by atoms with Gasteiger partial charge in [-0.15, -0.1) is 22.7 Å². The zero-order valence-corrected chi connectivity index (χ0v) is 11.9. The van der Waals surface area contributed by atoms with Crippen LogP contribution in [-0.2, 0) is 23.0 Å². The van der Waals surface area contributed by atoms with E-state index in [-0.39, 0.29) is 0 Å². The minimum absolute atomic E-state index is 1.23. The van der Waals surface area contributed by atoms with Crippen LogP contribution in [0.15, 0.2) is 10.8 Å². The zero-order valence-electron chi connectivity index (χ0n) is 8.62. The molecule has 0 amide bonds. The summed E-state index contributed by atoms with van der Waals surface area (Å²) >= 11 is 8.05. The van der Waals surface area contributed by atoms with Gasteiger partial charge in [0.1, 0.15) is 0 Å². The van der Waals surface area contributed by atoms with Gasteiger partial charge in [0.15, 0.2) is 0 Å². The Balaban J connectivity index is 1.90. The van der Waals surface area contributed by atoms with Crippen LogP contribution < -0.4 is 0 Å². The van der Waals surface area contributed by atoms with E-state index in [1.807, 2.05) is 22.7 Å². The minimum Gasteiger partial charge on any atom is -0.152 e. The summed E-state index contributed by atoms with van der Waals surface area (Å²) in [4.78, 5) is 3.16. The van der Waals surface area contributed by atoms with Gasteiger partial charge in [-0.05, 0) is 33.0 Å². The first-order chi connectivity index (χ1) is 7.93. The number of fused-ring (bicyclic) bond motifs is 2. The number of thiophene rings is 2. The van der Waals surface area contributed by atoms with Crippen LogP contribution in [0.2, 0.25) is 0 Å². The lowest BCUT2D eigenvalue weighted by Crippen LogP contribution is -1.81. The molecule has 2 aromatic heterocycles. The van der Waals surface area contributed by atoms with Crippen LogP contribution in [0.3, 0.4) is 0 Å². The molecule has 82 valence electrons. The lowest BCUT2D eigenvalue weighted by molar-refractivity contribution is 1.39. The fraction of sp³-hybridized carbons (Fsp3) is 0.333. The second-order valence-electron chi connectivity index (χ2n) is 4.12. The van der Waals surface area contributed by atoms with Crippen LogP contribution in [0.25, 0.3) is 9.75 Å². The first kappa shape index (κ1) is 10.1. The van der Waals surface area contributed by atoms with E-state index in [9.17, 15) is 0 Å². The van der Waals surface area contributed by atoms with Gasteiger partial charge in [0.2, 0.25) is 0 Å². The standard InChI is InChI=1S/C12H10S4/c1-7-3-15-11(9(7)5-13-1)12-10-6-14-2-8(10)4-16-12/h3-4H,1-2,5-6H2. The normalized spacial score (nSPS) is 17.8. The van der Waals surface area contributed by atoms with Crippen molar-refractivity contribution >= 4 is 46.2 Å². The van der Waals surface area contributed by atoms with E-state index in [0.717, 1.165) is 0 Å². The van der Waals surface area contributed by atoms with Gasteiger partial charge in [0, 0.05) is 32.8 Å². The summed E-state index contributed by atoms with van der Waals surface area (Å²) in [5, 5.41) is 4.75. The lowest BCUT2D eigenvalue weighted by atomic mass is 10.1. The van der Waals surface area contributed by atoms with Crippen molar-refractivity contribution in [1.82, 2.24) is 0 Å². The zero-order chi connectivity index (χ0) is 10.5. The molecule has 0 aliphatic carbocycles. The van der Waals surface area contributed by atoms with Crippen LogP contribution in [0.1, 0.15) is 22.3 Å². The lowest BCUT2D eigenvalue weighted by Gasteiger charge is -2.00. The van der Waals surface area contributed by atoms with Gasteiger partial charge in [0.25, 0.3) is 0 Å². The van der Waals surface area contributed by atoms with Gasteiger partial charge >= 0.3 is 0 Å². The summed E-state index contributed by atoms with van der Waals surface area (Å²) in [6.45, 7) is 0. The number of thioether (sulfide) groups is 2. The Bertz CT molecular complexity index is 499. The van der Waals surface area contributed by atoms with Crippen LogP contribution in [0, 0.1) is 0 Å². The minimum atomic E-state index is 1.23. The number of hydrogen-bond acceptors (Lipinski definition) is 4. The van der Waals surface area contributed by atoms with E-state index >= 15 is 0 Å². The van der Waals surface area contributed by atoms with Gasteiger partial charge < -0.3 is 0 Å². The molecule has 0 N–H and O–H groups in total. The molecule has 0 spiro atoms. The van der Waals surface area contributed by atoms with Crippen LogP contribution in [0.4, 0.5) is 0 Å². The van der Waals surface area contributed by atoms with E-state index in [4.69, 9.17) is 0 Å². The first-order valence-corrected chi connectivity index (χ1v) is 9.34. The van der Waals surface area contributed by atoms with Crippen LogP contribution in [-0.4, -0.2) is 0 Å². The van der Waals surface area contributed by atoms with Gasteiger partial charge in [-0.1, -0.05) is 0 Å². The van der Waals surface area contributed by atoms with E-state index in [1.54, 1.807) is 32.0 Å². The molecular weight excluding hydrogens is 272 g/mol. The van der Waals surface area contributed by atoms with Crippen LogP contribution >= 0.6 is 46.2 Å². The highest BCUT2D eigenvalue weighted by Crippen LogP contribution is 2.48. The van der Waals surface area contributed by atoms with Crippen molar-refractivity contribution in [3.05, 3.63) is 33.0 Å². The molecule has 0 saturated heterocycles. The summed E-state index contributed by atoms with van der Waals surface area (Å²) in [6.07, 6.45) is 0. The maximum absolute atomic E-state index is 2.37. The third kappa shape index (κ3) is 1.37. The molecule has 4 heterocycles. The summed E-state index contributed by atoms with van der Waals surface area (Å²) < 4.78 is 0. The molecule has 2 aliphatic rings. The van der Waals surface area contributed by atoms with Crippen molar-refractivity contribution in [2.45, 2.75) is 23.0 Å². The molecule has 16 heavy (non-hydrogen) atoms. The van der Waals surface area contributed by atoms with Gasteiger partial charge in [-0.3, -0.25) is 0 Å². The molecule has 0 atom stereocenters. The second-order valence-corrected chi connectivity index (χ2v) is 7.85. The van der Waals surface area contributed by atoms with Crippen molar-refractivity contribution < 1.29 is 0 Å². The summed E-state index contributed by atoms with van der Waals surface area (Å²) in [7, 11) is 0. The highest BCUT2D eigenvalue weighted by molar-refractivity contribution is 7.98. The topological polar surface area (TPSA) is 0 Å². The Hall–Kier alpha value is 0.1000. The van der Waals surface area contributed by atoms with E-state index in [1.165, 1.54) is 23.0 Å². The first-order valence-electron chi connectivity index (χ1n) is 5.28. The van der Waals surface area contributed by atoms with Crippen molar-refractivity contribution in [3.8, 4) is 9.75 Å². The fourth-order valence-electron chi connectivity index (χ4n) is 2.30. The molecule has 2 aliphatic heterocycles. The second kappa shape index (κ2) is 3.80. The van der Waals surface area contributed by atoms with Crippen molar-refractivity contribution in [2.75, 3.05) is 0 Å². The quantitative estimate of drug-likeness (QED) is 0.724. The maximum atomic E-state index is 2.37. The largest absolute Gasteiger partial charge is 0.152 e. The Morgan fingerprint density at radius 1 is 0.688 bits per heavy atom. The van der Waals surface area contributed by atoms with Gasteiger partial charge in [-0.2, -0.15) is 23.5 Å². The molecule has 0 nitrogen and oxygen atoms in total. The summed E-state index contributed by atoms with van der Waals surface area (Å²) in [5.74, 6) is 4.92. The Labute approximate surface area is 111 Å². The molecule has 0 bridgehead atoms. The Morgan fingerprint density at radius 3 is 1.69 bits per heavy atom. The molecule has 4 heteroatoms. The molecular formula is C12H10S4. The monoisotopic (exact) mass is 282 g/mol. The Kier molecular flexibility index (Phi) is 2.39. The highest BCUT2D eigenvalue weighted by Gasteiger charge is 2.24. The predicted octanol–water partition coefficient (Wildman–Crippen LogP) is 4.97. The fourth-order valence-corrected chi connectivity index (χ4v) is 7.33. The SMILES string of the molecule is c1sc(-c2scc3c2CSC3)c2c1CSC2. The average Bonchev–Trinajstić information content (AvgIpc) is 2.97. The van der Waals surface area contributed by atoms with Gasteiger partial charge in [-0.25, -0.2) is 0 Å². The number of rotatable bonds is 1. The summed E-state index contributed by atoms with van der Waals surface area (Å²) in [6, 6.07) is 0. The highest BCUT2D eigenvalue weighted by atomic mass is 32.2. The Morgan fingerprint density at radius 2 is 1.19 bits per heavy atom. The molecule has 0 saturated carbocycles. The smallest absolute Gasteiger partial charge is 0.0489 e. The van der Waals surface area contributed by atoms with Crippen LogP contribution in [0.5, 0.6) is 0 Å². The summed E-state index contributed by atoms with van der Waals surface area (Å²) in [5.41, 5.74) is 6.46. The van der Waals surface area contributed by atoms with E-state index < -0.39 is 0 Å². The molecule has 0 fully saturated rings. The van der Waals surface area contributed by atoms with Crippen molar-refractivity contribution in [2.24, 2.45) is 0 Å². The number of hydrogen-bond donors (Lipinski definition) is 0.